The molecule has 0 atom stereocenters. The largest absolute Gasteiger partial charge is 0.461 e. The number of hydrazine groups is 1. The van der Waals surface area contributed by atoms with Gasteiger partial charge in [0.1, 0.15) is 5.70 Å². The van der Waals surface area contributed by atoms with Crippen LogP contribution in [0.5, 0.6) is 0 Å². The second-order valence-corrected chi connectivity index (χ2v) is 3.96. The third-order valence-electron chi connectivity index (χ3n) is 2.30. The molecule has 1 aromatic rings. The topological polar surface area (TPSA) is 81.6 Å². The first kappa shape index (κ1) is 14.1. The number of carbonyl (C=O) groups is 1. The van der Waals surface area contributed by atoms with Crippen LogP contribution in [0.25, 0.3) is 0 Å². The van der Waals surface area contributed by atoms with Gasteiger partial charge >= 0.3 is 5.97 Å². The number of nitrogens with zero attached hydrogens (tertiary/aromatic N) is 1. The Morgan fingerprint density at radius 2 is 2.00 bits per heavy atom. The number of esters is 1. The minimum atomic E-state index is -0.558. The smallest absolute Gasteiger partial charge is 0.355 e. The Morgan fingerprint density at radius 3 is 2.56 bits per heavy atom. The first-order valence-corrected chi connectivity index (χ1v) is 5.74. The molecule has 0 saturated heterocycles. The van der Waals surface area contributed by atoms with Gasteiger partial charge in [-0.25, -0.2) is 10.6 Å². The van der Waals surface area contributed by atoms with Crippen molar-refractivity contribution in [2.24, 2.45) is 11.6 Å². The van der Waals surface area contributed by atoms with Crippen LogP contribution in [0, 0.1) is 6.92 Å². The van der Waals surface area contributed by atoms with Crippen molar-refractivity contribution in [2.45, 2.75) is 20.4 Å². The molecule has 0 saturated carbocycles. The quantitative estimate of drug-likeness (QED) is 0.352. The number of nitrogens with two attached hydrogens (primary N) is 2. The fraction of sp³-hybridized carbons (Fsp3) is 0.308. The van der Waals surface area contributed by atoms with Gasteiger partial charge in [0, 0.05) is 6.20 Å². The summed E-state index contributed by atoms with van der Waals surface area (Å²) in [6.07, 6.45) is 1.37. The standard InChI is InChI=1S/C13H19N3O2/c1-3-18-13(17)12(14)9-16(15)8-11-6-4-10(2)5-7-11/h4-7,9H,3,8,14-15H2,1-2H3/b12-9-. The molecule has 18 heavy (non-hydrogen) atoms. The van der Waals surface area contributed by atoms with E-state index in [0.717, 1.165) is 5.56 Å². The van der Waals surface area contributed by atoms with Gasteiger partial charge in [0.2, 0.25) is 0 Å². The molecule has 0 aromatic heterocycles. The summed E-state index contributed by atoms with van der Waals surface area (Å²) in [5, 5.41) is 1.36. The van der Waals surface area contributed by atoms with Gasteiger partial charge in [0.25, 0.3) is 0 Å². The Hall–Kier alpha value is -2.01. The molecule has 98 valence electrons. The van der Waals surface area contributed by atoms with Crippen LogP contribution in [-0.4, -0.2) is 17.6 Å². The van der Waals surface area contributed by atoms with Crippen molar-refractivity contribution in [2.75, 3.05) is 6.61 Å². The van der Waals surface area contributed by atoms with Crippen LogP contribution in [0.2, 0.25) is 0 Å². The summed E-state index contributed by atoms with van der Waals surface area (Å²) in [7, 11) is 0. The highest BCUT2D eigenvalue weighted by molar-refractivity contribution is 5.87. The Kier molecular flexibility index (Phi) is 5.20. The number of hydrogen-bond donors (Lipinski definition) is 2. The lowest BCUT2D eigenvalue weighted by molar-refractivity contribution is -0.138. The molecule has 0 radical (unpaired) electrons. The Morgan fingerprint density at radius 1 is 1.39 bits per heavy atom. The number of carbonyl (C=O) groups excluding carboxylic acids is 1. The van der Waals surface area contributed by atoms with E-state index in [9.17, 15) is 4.79 Å². The lowest BCUT2D eigenvalue weighted by Crippen LogP contribution is -2.28. The minimum absolute atomic E-state index is 0.00791. The van der Waals surface area contributed by atoms with Gasteiger partial charge in [-0.1, -0.05) is 29.8 Å². The lowest BCUT2D eigenvalue weighted by atomic mass is 10.1. The van der Waals surface area contributed by atoms with E-state index >= 15 is 0 Å². The summed E-state index contributed by atoms with van der Waals surface area (Å²) in [5.74, 6) is 5.19. The number of hydrogen-bond acceptors (Lipinski definition) is 5. The zero-order valence-electron chi connectivity index (χ0n) is 10.7. The molecule has 1 aromatic carbocycles. The average Bonchev–Trinajstić information content (AvgIpc) is 2.32. The van der Waals surface area contributed by atoms with E-state index in [1.165, 1.54) is 16.8 Å². The molecule has 0 bridgehead atoms. The predicted molar refractivity (Wildman–Crippen MR) is 69.8 cm³/mol. The van der Waals surface area contributed by atoms with Crippen LogP contribution in [-0.2, 0) is 16.1 Å². The molecule has 5 heteroatoms. The highest BCUT2D eigenvalue weighted by Crippen LogP contribution is 2.05. The molecule has 0 unspecified atom stereocenters. The van der Waals surface area contributed by atoms with Crippen LogP contribution >= 0.6 is 0 Å². The van der Waals surface area contributed by atoms with Gasteiger partial charge in [0.05, 0.1) is 13.2 Å². The number of aryl methyl sites for hydroxylation is 1. The van der Waals surface area contributed by atoms with Crippen LogP contribution in [0.15, 0.2) is 36.2 Å². The maximum absolute atomic E-state index is 11.3. The molecule has 5 nitrogen and oxygen atoms in total. The molecule has 0 heterocycles. The van der Waals surface area contributed by atoms with Gasteiger partial charge in [0.15, 0.2) is 0 Å². The summed E-state index contributed by atoms with van der Waals surface area (Å²) in [5.41, 5.74) is 7.76. The van der Waals surface area contributed by atoms with Gasteiger partial charge in [-0.2, -0.15) is 0 Å². The van der Waals surface area contributed by atoms with Crippen molar-refractivity contribution in [3.05, 3.63) is 47.3 Å². The van der Waals surface area contributed by atoms with Crippen LogP contribution in [0.3, 0.4) is 0 Å². The fourth-order valence-corrected chi connectivity index (χ4v) is 1.40. The molecule has 0 aliphatic heterocycles. The molecule has 0 aliphatic carbocycles. The van der Waals surface area contributed by atoms with Crippen LogP contribution < -0.4 is 11.6 Å². The Balaban J connectivity index is 2.60. The Bertz CT molecular complexity index is 426. The van der Waals surface area contributed by atoms with E-state index in [2.05, 4.69) is 0 Å². The van der Waals surface area contributed by atoms with Crippen molar-refractivity contribution >= 4 is 5.97 Å². The summed E-state index contributed by atoms with van der Waals surface area (Å²) < 4.78 is 4.76. The Labute approximate surface area is 107 Å². The average molecular weight is 249 g/mol. The first-order chi connectivity index (χ1) is 8.52. The van der Waals surface area contributed by atoms with E-state index in [0.29, 0.717) is 6.54 Å². The van der Waals surface area contributed by atoms with Gasteiger partial charge in [-0.3, -0.25) is 0 Å². The summed E-state index contributed by atoms with van der Waals surface area (Å²) in [6, 6.07) is 7.95. The summed E-state index contributed by atoms with van der Waals surface area (Å²) in [6.45, 7) is 4.50. The highest BCUT2D eigenvalue weighted by Gasteiger charge is 2.07. The van der Waals surface area contributed by atoms with Crippen molar-refractivity contribution < 1.29 is 9.53 Å². The van der Waals surface area contributed by atoms with Gasteiger partial charge < -0.3 is 15.5 Å². The van der Waals surface area contributed by atoms with Gasteiger partial charge in [-0.15, -0.1) is 0 Å². The first-order valence-electron chi connectivity index (χ1n) is 5.74. The van der Waals surface area contributed by atoms with Crippen LogP contribution in [0.4, 0.5) is 0 Å². The molecular formula is C13H19N3O2. The molecular weight excluding hydrogens is 230 g/mol. The molecule has 4 N–H and O–H groups in total. The van der Waals surface area contributed by atoms with Crippen molar-refractivity contribution in [1.82, 2.24) is 5.01 Å². The number of rotatable bonds is 5. The number of benzene rings is 1. The maximum Gasteiger partial charge on any atom is 0.355 e. The second-order valence-electron chi connectivity index (χ2n) is 3.96. The number of ether oxygens (including phenoxy) is 1. The van der Waals surface area contributed by atoms with E-state index in [1.807, 2.05) is 31.2 Å². The second kappa shape index (κ2) is 6.66. The molecule has 0 fully saturated rings. The zero-order chi connectivity index (χ0) is 13.5. The minimum Gasteiger partial charge on any atom is -0.461 e. The monoisotopic (exact) mass is 249 g/mol. The van der Waals surface area contributed by atoms with Crippen molar-refractivity contribution in [3.8, 4) is 0 Å². The molecule has 0 amide bonds. The van der Waals surface area contributed by atoms with Crippen molar-refractivity contribution in [1.29, 1.82) is 0 Å². The summed E-state index contributed by atoms with van der Waals surface area (Å²) >= 11 is 0. The third kappa shape index (κ3) is 4.47. The van der Waals surface area contributed by atoms with Crippen LogP contribution in [0.1, 0.15) is 18.1 Å². The molecule has 1 rings (SSSR count). The zero-order valence-corrected chi connectivity index (χ0v) is 10.7. The van der Waals surface area contributed by atoms with Gasteiger partial charge in [-0.05, 0) is 19.4 Å². The summed E-state index contributed by atoms with van der Waals surface area (Å²) in [4.78, 5) is 11.3. The normalized spacial score (nSPS) is 11.2. The SMILES string of the molecule is CCOC(=O)/C(N)=C/N(N)Cc1ccc(C)cc1. The van der Waals surface area contributed by atoms with E-state index < -0.39 is 5.97 Å². The molecule has 0 spiro atoms. The lowest BCUT2D eigenvalue weighted by Gasteiger charge is -2.14. The van der Waals surface area contributed by atoms with Crippen molar-refractivity contribution in [3.63, 3.8) is 0 Å². The predicted octanol–water partition coefficient (Wildman–Crippen LogP) is 1.03. The van der Waals surface area contributed by atoms with E-state index in [-0.39, 0.29) is 12.3 Å². The highest BCUT2D eigenvalue weighted by atomic mass is 16.5. The fourth-order valence-electron chi connectivity index (χ4n) is 1.40. The third-order valence-corrected chi connectivity index (χ3v) is 2.30. The van der Waals surface area contributed by atoms with E-state index in [1.54, 1.807) is 6.92 Å². The maximum atomic E-state index is 11.3. The van der Waals surface area contributed by atoms with E-state index in [4.69, 9.17) is 16.3 Å². The molecule has 0 aliphatic rings.